The maximum Gasteiger partial charge on any atom is 0.123 e. The van der Waals surface area contributed by atoms with Crippen LogP contribution < -0.4 is 5.32 Å². The number of hydrogen-bond donors (Lipinski definition) is 1. The number of ether oxygens (including phenoxy) is 2. The van der Waals surface area contributed by atoms with Gasteiger partial charge >= 0.3 is 0 Å². The second-order valence-electron chi connectivity index (χ2n) is 4.36. The van der Waals surface area contributed by atoms with Crippen LogP contribution >= 0.6 is 0 Å². The van der Waals surface area contributed by atoms with Gasteiger partial charge in [-0.25, -0.2) is 4.98 Å². The molecule has 2 rings (SSSR count). The van der Waals surface area contributed by atoms with Gasteiger partial charge in [0.15, 0.2) is 0 Å². The van der Waals surface area contributed by atoms with Crippen LogP contribution in [0.1, 0.15) is 5.82 Å². The number of hydrogen-bond acceptors (Lipinski definition) is 4. The Morgan fingerprint density at radius 3 is 2.84 bits per heavy atom. The second-order valence-corrected chi connectivity index (χ2v) is 4.36. The molecule has 0 atom stereocenters. The fraction of sp³-hybridized carbons (Fsp3) is 0.500. The van der Waals surface area contributed by atoms with E-state index in [4.69, 9.17) is 9.47 Å². The molecule has 0 bridgehead atoms. The lowest BCUT2D eigenvalue weighted by Crippen LogP contribution is -2.21. The molecule has 1 N–H and O–H groups in total. The van der Waals surface area contributed by atoms with E-state index >= 15 is 0 Å². The van der Waals surface area contributed by atoms with Gasteiger partial charge in [0.2, 0.25) is 0 Å². The van der Waals surface area contributed by atoms with Gasteiger partial charge in [0.25, 0.3) is 0 Å². The first-order valence-corrected chi connectivity index (χ1v) is 6.50. The summed E-state index contributed by atoms with van der Waals surface area (Å²) in [6, 6.07) is 8.16. The van der Waals surface area contributed by atoms with Gasteiger partial charge in [-0.3, -0.25) is 0 Å². The number of rotatable bonds is 8. The number of methoxy groups -OCH3 is 1. The Hall–Kier alpha value is -1.43. The summed E-state index contributed by atoms with van der Waals surface area (Å²) in [6.45, 7) is 3.54. The highest BCUT2D eigenvalue weighted by atomic mass is 16.5. The van der Waals surface area contributed by atoms with Crippen LogP contribution in [0.2, 0.25) is 0 Å². The van der Waals surface area contributed by atoms with Gasteiger partial charge in [-0.1, -0.05) is 12.1 Å². The van der Waals surface area contributed by atoms with Crippen molar-refractivity contribution in [1.29, 1.82) is 0 Å². The zero-order valence-electron chi connectivity index (χ0n) is 11.6. The van der Waals surface area contributed by atoms with Crippen LogP contribution in [0.5, 0.6) is 0 Å². The summed E-state index contributed by atoms with van der Waals surface area (Å²) in [5.74, 6) is 1.04. The molecule has 1 heterocycles. The summed E-state index contributed by atoms with van der Waals surface area (Å²) in [6.07, 6.45) is 0. The second kappa shape index (κ2) is 7.23. The molecule has 2 aromatic rings. The first kappa shape index (κ1) is 14.0. The Kier molecular flexibility index (Phi) is 5.32. The molecular weight excluding hydrogens is 242 g/mol. The molecule has 1 aromatic carbocycles. The fourth-order valence-electron chi connectivity index (χ4n) is 1.94. The van der Waals surface area contributed by atoms with Crippen molar-refractivity contribution in [2.24, 2.45) is 7.05 Å². The van der Waals surface area contributed by atoms with Crippen molar-refractivity contribution in [1.82, 2.24) is 14.9 Å². The van der Waals surface area contributed by atoms with Crippen LogP contribution in [0.25, 0.3) is 11.0 Å². The van der Waals surface area contributed by atoms with Crippen LogP contribution in [0, 0.1) is 0 Å². The molecule has 0 unspecified atom stereocenters. The molecule has 5 nitrogen and oxygen atoms in total. The third-order valence-corrected chi connectivity index (χ3v) is 3.02. The van der Waals surface area contributed by atoms with E-state index in [1.807, 2.05) is 25.2 Å². The zero-order valence-corrected chi connectivity index (χ0v) is 11.6. The molecule has 19 heavy (non-hydrogen) atoms. The first-order chi connectivity index (χ1) is 9.33. The Balaban J connectivity index is 1.77. The summed E-state index contributed by atoms with van der Waals surface area (Å²) in [7, 11) is 3.72. The normalized spacial score (nSPS) is 11.3. The van der Waals surface area contributed by atoms with Gasteiger partial charge in [0, 0.05) is 20.7 Å². The van der Waals surface area contributed by atoms with Crippen LogP contribution in [0.15, 0.2) is 24.3 Å². The van der Waals surface area contributed by atoms with Gasteiger partial charge in [-0.15, -0.1) is 0 Å². The molecule has 0 aliphatic carbocycles. The van der Waals surface area contributed by atoms with E-state index in [1.54, 1.807) is 7.11 Å². The maximum absolute atomic E-state index is 5.39. The Morgan fingerprint density at radius 1 is 1.21 bits per heavy atom. The highest BCUT2D eigenvalue weighted by Gasteiger charge is 2.05. The molecule has 0 radical (unpaired) electrons. The lowest BCUT2D eigenvalue weighted by Gasteiger charge is -2.06. The Morgan fingerprint density at radius 2 is 2.05 bits per heavy atom. The molecule has 1 aromatic heterocycles. The molecule has 0 aliphatic heterocycles. The topological polar surface area (TPSA) is 48.3 Å². The van der Waals surface area contributed by atoms with E-state index in [1.165, 1.54) is 0 Å². The summed E-state index contributed by atoms with van der Waals surface area (Å²) in [4.78, 5) is 4.60. The number of para-hydroxylation sites is 2. The lowest BCUT2D eigenvalue weighted by atomic mass is 10.3. The molecule has 0 saturated heterocycles. The van der Waals surface area contributed by atoms with Gasteiger partial charge in [-0.05, 0) is 12.1 Å². The minimum absolute atomic E-state index is 0.643. The largest absolute Gasteiger partial charge is 0.382 e. The predicted octanol–water partition coefficient (Wildman–Crippen LogP) is 1.33. The molecular formula is C14H21N3O2. The van der Waals surface area contributed by atoms with Crippen LogP contribution in [-0.4, -0.2) is 43.0 Å². The van der Waals surface area contributed by atoms with Crippen molar-refractivity contribution < 1.29 is 9.47 Å². The van der Waals surface area contributed by atoms with E-state index in [9.17, 15) is 0 Å². The molecule has 104 valence electrons. The molecule has 0 fully saturated rings. The molecule has 0 saturated carbocycles. The van der Waals surface area contributed by atoms with Crippen LogP contribution in [-0.2, 0) is 23.1 Å². The van der Waals surface area contributed by atoms with E-state index in [-0.39, 0.29) is 0 Å². The highest BCUT2D eigenvalue weighted by molar-refractivity contribution is 5.75. The van der Waals surface area contributed by atoms with E-state index in [0.717, 1.165) is 29.9 Å². The minimum Gasteiger partial charge on any atom is -0.382 e. The number of fused-ring (bicyclic) bond motifs is 1. The SMILES string of the molecule is COCCOCCNCc1nc2ccccc2n1C. The first-order valence-electron chi connectivity index (χ1n) is 6.50. The number of aromatic nitrogens is 2. The number of benzene rings is 1. The maximum atomic E-state index is 5.39. The number of imidazole rings is 1. The molecule has 0 spiro atoms. The van der Waals surface area contributed by atoms with Crippen molar-refractivity contribution in [2.45, 2.75) is 6.54 Å². The van der Waals surface area contributed by atoms with Gasteiger partial charge in [-0.2, -0.15) is 0 Å². The summed E-state index contributed by atoms with van der Waals surface area (Å²) < 4.78 is 12.4. The molecule has 0 amide bonds. The van der Waals surface area contributed by atoms with Crippen molar-refractivity contribution in [2.75, 3.05) is 33.5 Å². The Bertz CT molecular complexity index is 510. The van der Waals surface area contributed by atoms with Crippen molar-refractivity contribution in [3.8, 4) is 0 Å². The Labute approximate surface area is 113 Å². The third kappa shape index (κ3) is 3.76. The van der Waals surface area contributed by atoms with Gasteiger partial charge in [0.1, 0.15) is 5.82 Å². The monoisotopic (exact) mass is 263 g/mol. The highest BCUT2D eigenvalue weighted by Crippen LogP contribution is 2.13. The van der Waals surface area contributed by atoms with Crippen LogP contribution in [0.4, 0.5) is 0 Å². The van der Waals surface area contributed by atoms with Crippen molar-refractivity contribution >= 4 is 11.0 Å². The summed E-state index contributed by atoms with van der Waals surface area (Å²) in [5, 5.41) is 3.33. The van der Waals surface area contributed by atoms with Gasteiger partial charge in [0.05, 0.1) is 37.4 Å². The van der Waals surface area contributed by atoms with Gasteiger partial charge < -0.3 is 19.4 Å². The minimum atomic E-state index is 0.643. The molecule has 0 aliphatic rings. The van der Waals surface area contributed by atoms with Crippen LogP contribution in [0.3, 0.4) is 0 Å². The number of nitrogens with zero attached hydrogens (tertiary/aromatic N) is 2. The average molecular weight is 263 g/mol. The summed E-state index contributed by atoms with van der Waals surface area (Å²) in [5.41, 5.74) is 2.20. The van der Waals surface area contributed by atoms with Crippen molar-refractivity contribution in [3.05, 3.63) is 30.1 Å². The number of nitrogens with one attached hydrogen (secondary N) is 1. The number of aryl methyl sites for hydroxylation is 1. The summed E-state index contributed by atoms with van der Waals surface area (Å²) >= 11 is 0. The van der Waals surface area contributed by atoms with E-state index in [2.05, 4.69) is 20.9 Å². The quantitative estimate of drug-likeness (QED) is 0.730. The van der Waals surface area contributed by atoms with Crippen molar-refractivity contribution in [3.63, 3.8) is 0 Å². The fourth-order valence-corrected chi connectivity index (χ4v) is 1.94. The van der Waals surface area contributed by atoms with E-state index in [0.29, 0.717) is 19.8 Å². The third-order valence-electron chi connectivity index (χ3n) is 3.02. The zero-order chi connectivity index (χ0) is 13.5. The molecule has 5 heteroatoms. The smallest absolute Gasteiger partial charge is 0.123 e. The predicted molar refractivity (Wildman–Crippen MR) is 75.1 cm³/mol. The lowest BCUT2D eigenvalue weighted by molar-refractivity contribution is 0.0718. The average Bonchev–Trinajstić information content (AvgIpc) is 2.75. The standard InChI is InChI=1S/C14H21N3O2/c1-17-13-6-4-3-5-12(13)16-14(17)11-15-7-8-19-10-9-18-2/h3-6,15H,7-11H2,1-2H3. The van der Waals surface area contributed by atoms with E-state index < -0.39 is 0 Å².